The van der Waals surface area contributed by atoms with Gasteiger partial charge in [0.05, 0.1) is 28.6 Å². The van der Waals surface area contributed by atoms with Crippen molar-refractivity contribution in [2.24, 2.45) is 0 Å². The number of nitrogens with one attached hydrogen (secondary N) is 2. The van der Waals surface area contributed by atoms with Gasteiger partial charge >= 0.3 is 0 Å². The first-order chi connectivity index (χ1) is 16.6. The Hall–Kier alpha value is -4.39. The molecule has 0 aliphatic heterocycles. The molecule has 0 saturated carbocycles. The van der Waals surface area contributed by atoms with Crippen LogP contribution in [0.25, 0.3) is 50.3 Å². The summed E-state index contributed by atoms with van der Waals surface area (Å²) in [6.07, 6.45) is 10.3. The first-order valence-electron chi connectivity index (χ1n) is 11.1. The largest absolute Gasteiger partial charge is 0.336 e. The molecule has 5 aromatic rings. The van der Waals surface area contributed by atoms with Gasteiger partial charge < -0.3 is 4.98 Å². The Morgan fingerprint density at radius 3 is 2.76 bits per heavy atom. The second-order valence-corrected chi connectivity index (χ2v) is 7.86. The maximum absolute atomic E-state index is 13.8. The van der Waals surface area contributed by atoms with E-state index in [2.05, 4.69) is 44.7 Å². The average molecular weight is 451 g/mol. The zero-order valence-corrected chi connectivity index (χ0v) is 18.9. The van der Waals surface area contributed by atoms with Crippen molar-refractivity contribution in [3.05, 3.63) is 90.7 Å². The molecule has 168 valence electrons. The molecule has 5 rings (SSSR count). The summed E-state index contributed by atoms with van der Waals surface area (Å²) in [5.74, 6) is 0.281. The highest BCUT2D eigenvalue weighted by Crippen LogP contribution is 2.31. The highest BCUT2D eigenvalue weighted by atomic mass is 19.1. The summed E-state index contributed by atoms with van der Waals surface area (Å²) in [6.45, 7) is 7.98. The number of allylic oxidation sites excluding steroid dienone is 5. The quantitative estimate of drug-likeness (QED) is 0.285. The van der Waals surface area contributed by atoms with Crippen LogP contribution in [0, 0.1) is 5.82 Å². The minimum Gasteiger partial charge on any atom is -0.336 e. The Morgan fingerprint density at radius 1 is 1.12 bits per heavy atom. The number of hydrogen-bond donors (Lipinski definition) is 2. The van der Waals surface area contributed by atoms with E-state index in [1.807, 2.05) is 37.3 Å². The van der Waals surface area contributed by atoms with E-state index in [0.717, 1.165) is 39.7 Å². The minimum absolute atomic E-state index is 0.318. The lowest BCUT2D eigenvalue weighted by atomic mass is 10.0. The lowest BCUT2D eigenvalue weighted by Gasteiger charge is -2.04. The first kappa shape index (κ1) is 21.5. The molecule has 0 spiro atoms. The maximum atomic E-state index is 13.8. The summed E-state index contributed by atoms with van der Waals surface area (Å²) in [7, 11) is 0. The van der Waals surface area contributed by atoms with Gasteiger partial charge in [-0.05, 0) is 54.8 Å². The third-order valence-electron chi connectivity index (χ3n) is 5.79. The van der Waals surface area contributed by atoms with Crippen molar-refractivity contribution in [1.29, 1.82) is 0 Å². The molecule has 0 aliphatic rings. The number of fused-ring (bicyclic) bond motifs is 2. The summed E-state index contributed by atoms with van der Waals surface area (Å²) < 4.78 is 13.8. The zero-order valence-electron chi connectivity index (χ0n) is 18.9. The van der Waals surface area contributed by atoms with Crippen molar-refractivity contribution in [3.8, 4) is 22.8 Å². The number of halogens is 1. The predicted octanol–water partition coefficient (Wildman–Crippen LogP) is 6.63. The number of hydrogen-bond acceptors (Lipinski definition) is 4. The molecule has 34 heavy (non-hydrogen) atoms. The van der Waals surface area contributed by atoms with Crippen molar-refractivity contribution in [3.63, 3.8) is 0 Å². The molecule has 0 radical (unpaired) electrons. The second-order valence-electron chi connectivity index (χ2n) is 7.86. The topological polar surface area (TPSA) is 83.1 Å². The number of pyridine rings is 2. The van der Waals surface area contributed by atoms with Crippen molar-refractivity contribution < 1.29 is 4.39 Å². The summed E-state index contributed by atoms with van der Waals surface area (Å²) in [6, 6.07) is 10.2. The van der Waals surface area contributed by atoms with E-state index >= 15 is 0 Å². The molecule has 0 atom stereocenters. The highest BCUT2D eigenvalue weighted by Gasteiger charge is 2.17. The van der Waals surface area contributed by atoms with Crippen molar-refractivity contribution >= 4 is 27.5 Å². The van der Waals surface area contributed by atoms with Crippen molar-refractivity contribution in [2.75, 3.05) is 0 Å². The Bertz CT molecular complexity index is 1590. The molecule has 0 bridgehead atoms. The standard InChI is InChI=1S/C27H23FN6/c1-4-16(5-2)12-17(6-3)22-14-20-23(15-30-22)33-34-25(20)27-31-21-10-11-29-24(26(21)32-27)18-8-7-9-19(28)13-18/h4,6-15H,1,5H2,2-3H3,(H,31,32)(H,33,34)/b16-12+,17-6+. The molecule has 6 nitrogen and oxygen atoms in total. The Balaban J connectivity index is 1.63. The summed E-state index contributed by atoms with van der Waals surface area (Å²) in [5.41, 5.74) is 7.20. The summed E-state index contributed by atoms with van der Waals surface area (Å²) in [5, 5.41) is 8.45. The Kier molecular flexibility index (Phi) is 5.59. The van der Waals surface area contributed by atoms with Gasteiger partial charge in [0, 0.05) is 17.1 Å². The molecule has 0 fully saturated rings. The number of benzene rings is 1. The van der Waals surface area contributed by atoms with E-state index in [9.17, 15) is 4.39 Å². The molecule has 2 N–H and O–H groups in total. The van der Waals surface area contributed by atoms with Crippen LogP contribution in [0.3, 0.4) is 0 Å². The van der Waals surface area contributed by atoms with Gasteiger partial charge in [0.1, 0.15) is 17.0 Å². The van der Waals surface area contributed by atoms with Crippen LogP contribution in [0.4, 0.5) is 4.39 Å². The molecule has 0 saturated heterocycles. The van der Waals surface area contributed by atoms with Crippen LogP contribution in [0.1, 0.15) is 26.0 Å². The van der Waals surface area contributed by atoms with Gasteiger partial charge in [-0.2, -0.15) is 5.10 Å². The minimum atomic E-state index is -0.318. The van der Waals surface area contributed by atoms with E-state index in [1.165, 1.54) is 12.1 Å². The maximum Gasteiger partial charge on any atom is 0.159 e. The highest BCUT2D eigenvalue weighted by molar-refractivity contribution is 5.96. The first-order valence-corrected chi connectivity index (χ1v) is 11.1. The van der Waals surface area contributed by atoms with Crippen LogP contribution in [0.15, 0.2) is 79.2 Å². The van der Waals surface area contributed by atoms with Gasteiger partial charge in [0.2, 0.25) is 0 Å². The van der Waals surface area contributed by atoms with Gasteiger partial charge in [-0.25, -0.2) is 9.37 Å². The molecule has 0 unspecified atom stereocenters. The number of imidazole rings is 1. The number of rotatable bonds is 6. The Labute approximate surface area is 196 Å². The lowest BCUT2D eigenvalue weighted by Crippen LogP contribution is -1.89. The van der Waals surface area contributed by atoms with Gasteiger partial charge in [-0.1, -0.05) is 37.8 Å². The molecular formula is C27H23FN6. The SMILES string of the molecule is C=C/C(=C\C(=C/C)c1cc2c(-c3nc4c(-c5cccc(F)c5)nccc4[nH]3)n[nH]c2cn1)CC. The van der Waals surface area contributed by atoms with Crippen LogP contribution < -0.4 is 0 Å². The molecule has 0 amide bonds. The lowest BCUT2D eigenvalue weighted by molar-refractivity contribution is 0.628. The molecule has 1 aromatic carbocycles. The van der Waals surface area contributed by atoms with Crippen LogP contribution in [-0.4, -0.2) is 30.1 Å². The van der Waals surface area contributed by atoms with Gasteiger partial charge in [-0.3, -0.25) is 15.1 Å². The fraction of sp³-hybridized carbons (Fsp3) is 0.111. The van der Waals surface area contributed by atoms with Crippen LogP contribution >= 0.6 is 0 Å². The smallest absolute Gasteiger partial charge is 0.159 e. The van der Waals surface area contributed by atoms with E-state index in [-0.39, 0.29) is 5.82 Å². The molecule has 4 heterocycles. The van der Waals surface area contributed by atoms with E-state index < -0.39 is 0 Å². The average Bonchev–Trinajstić information content (AvgIpc) is 3.48. The third-order valence-corrected chi connectivity index (χ3v) is 5.79. The van der Waals surface area contributed by atoms with Gasteiger partial charge in [-0.15, -0.1) is 0 Å². The normalized spacial score (nSPS) is 12.6. The molecule has 4 aromatic heterocycles. The number of nitrogens with zero attached hydrogens (tertiary/aromatic N) is 4. The Morgan fingerprint density at radius 2 is 2.00 bits per heavy atom. The van der Waals surface area contributed by atoms with Gasteiger partial charge in [0.25, 0.3) is 0 Å². The van der Waals surface area contributed by atoms with Crippen LogP contribution in [-0.2, 0) is 0 Å². The van der Waals surface area contributed by atoms with Crippen molar-refractivity contribution in [1.82, 2.24) is 30.1 Å². The summed E-state index contributed by atoms with van der Waals surface area (Å²) >= 11 is 0. The van der Waals surface area contributed by atoms with E-state index in [0.29, 0.717) is 28.3 Å². The van der Waals surface area contributed by atoms with Crippen molar-refractivity contribution in [2.45, 2.75) is 20.3 Å². The number of aromatic nitrogens is 6. The molecule has 0 aliphatic carbocycles. The molecular weight excluding hydrogens is 427 g/mol. The third kappa shape index (κ3) is 3.81. The monoisotopic (exact) mass is 450 g/mol. The molecule has 7 heteroatoms. The van der Waals surface area contributed by atoms with E-state index in [1.54, 1.807) is 18.5 Å². The number of aromatic amines is 2. The van der Waals surface area contributed by atoms with E-state index in [4.69, 9.17) is 4.98 Å². The van der Waals surface area contributed by atoms with Gasteiger partial charge in [0.15, 0.2) is 5.82 Å². The summed E-state index contributed by atoms with van der Waals surface area (Å²) in [4.78, 5) is 17.2. The predicted molar refractivity (Wildman–Crippen MR) is 134 cm³/mol. The fourth-order valence-corrected chi connectivity index (χ4v) is 3.96. The second kappa shape index (κ2) is 8.86. The number of H-pyrrole nitrogens is 2. The van der Waals surface area contributed by atoms with Crippen LogP contribution in [0.2, 0.25) is 0 Å². The van der Waals surface area contributed by atoms with Crippen LogP contribution in [0.5, 0.6) is 0 Å². The zero-order chi connectivity index (χ0) is 23.7. The fourth-order valence-electron chi connectivity index (χ4n) is 3.96.